The van der Waals surface area contributed by atoms with Gasteiger partial charge in [0.1, 0.15) is 12.1 Å². The van der Waals surface area contributed by atoms with Crippen LogP contribution in [0.3, 0.4) is 0 Å². The van der Waals surface area contributed by atoms with E-state index < -0.39 is 11.4 Å². The highest BCUT2D eigenvalue weighted by Crippen LogP contribution is 2.22. The van der Waals surface area contributed by atoms with Crippen LogP contribution in [0.25, 0.3) is 11.3 Å². The summed E-state index contributed by atoms with van der Waals surface area (Å²) < 4.78 is 13.9. The predicted octanol–water partition coefficient (Wildman–Crippen LogP) is 1.47. The second-order valence-electron chi connectivity index (χ2n) is 3.88. The van der Waals surface area contributed by atoms with Gasteiger partial charge in [-0.3, -0.25) is 0 Å². The summed E-state index contributed by atoms with van der Waals surface area (Å²) in [5.41, 5.74) is 8.10. The number of aromatic nitrogens is 2. The third-order valence-corrected chi connectivity index (χ3v) is 2.96. The van der Waals surface area contributed by atoms with E-state index in [1.54, 1.807) is 13.3 Å². The Hall–Kier alpha value is -1.99. The summed E-state index contributed by atoms with van der Waals surface area (Å²) in [6, 6.07) is 9.27. The third kappa shape index (κ3) is 3.49. The Kier molecular flexibility index (Phi) is 4.08. The van der Waals surface area contributed by atoms with Gasteiger partial charge in [-0.25, -0.2) is 9.71 Å². The van der Waals surface area contributed by atoms with Crippen molar-refractivity contribution in [1.82, 2.24) is 9.97 Å². The Bertz CT molecular complexity index is 559. The van der Waals surface area contributed by atoms with Gasteiger partial charge in [0, 0.05) is 18.7 Å². The average Bonchev–Trinajstić information content (AvgIpc) is 2.38. The lowest BCUT2D eigenvalue weighted by atomic mass is 10.1. The van der Waals surface area contributed by atoms with Gasteiger partial charge >= 0.3 is 0 Å². The van der Waals surface area contributed by atoms with E-state index in [9.17, 15) is 4.55 Å². The van der Waals surface area contributed by atoms with Crippen LogP contribution in [0.2, 0.25) is 0 Å². The maximum absolute atomic E-state index is 11.1. The molecule has 2 aromatic rings. The van der Waals surface area contributed by atoms with Crippen LogP contribution in [-0.2, 0) is 11.4 Å². The van der Waals surface area contributed by atoms with Gasteiger partial charge in [-0.2, -0.15) is 4.98 Å². The van der Waals surface area contributed by atoms with Crippen LogP contribution < -0.4 is 15.8 Å². The van der Waals surface area contributed by atoms with E-state index in [1.165, 1.54) is 0 Å². The summed E-state index contributed by atoms with van der Waals surface area (Å²) in [6.07, 6.45) is 1.58. The van der Waals surface area contributed by atoms with Gasteiger partial charge < -0.3 is 15.6 Å². The van der Waals surface area contributed by atoms with Crippen molar-refractivity contribution < 1.29 is 4.55 Å². The number of nitrogens with two attached hydrogens (primary N) is 1. The molecule has 0 aliphatic rings. The molecule has 0 bridgehead atoms. The summed E-state index contributed by atoms with van der Waals surface area (Å²) in [5, 5.41) is 2.93. The molecule has 19 heavy (non-hydrogen) atoms. The maximum Gasteiger partial charge on any atom is 0.222 e. The molecule has 1 aromatic carbocycles. The lowest BCUT2D eigenvalue weighted by Gasteiger charge is -2.08. The summed E-state index contributed by atoms with van der Waals surface area (Å²) in [5.74, 6) is 0.887. The van der Waals surface area contributed by atoms with Gasteiger partial charge in [0.15, 0.2) is 0 Å². The molecular weight excluding hydrogens is 262 g/mol. The number of nitrogens with one attached hydrogen (secondary N) is 2. The van der Waals surface area contributed by atoms with Gasteiger partial charge in [-0.05, 0) is 12.1 Å². The number of hydrogen-bond acceptors (Lipinski definition) is 6. The van der Waals surface area contributed by atoms with Crippen molar-refractivity contribution in [3.63, 3.8) is 0 Å². The van der Waals surface area contributed by atoms with Gasteiger partial charge in [0.05, 0.1) is 22.7 Å². The monoisotopic (exact) mass is 277 g/mol. The molecule has 1 heterocycles. The normalized spacial score (nSPS) is 11.9. The minimum atomic E-state index is -1.08. The summed E-state index contributed by atoms with van der Waals surface area (Å²) in [4.78, 5) is 8.23. The zero-order valence-corrected chi connectivity index (χ0v) is 11.5. The number of hydrogen-bond donors (Lipinski definition) is 3. The molecule has 4 N–H and O–H groups in total. The molecule has 6 nitrogen and oxygen atoms in total. The van der Waals surface area contributed by atoms with Gasteiger partial charge in [0.2, 0.25) is 5.95 Å². The molecule has 1 aromatic heterocycles. The SMILES string of the molecule is CNc1cc(-c2ccc(N[S@@+](C)[O-])cc2)nc(N)n1. The molecule has 2 rings (SSSR count). The molecule has 0 unspecified atom stereocenters. The molecule has 1 atom stereocenters. The largest absolute Gasteiger partial charge is 0.593 e. The second-order valence-corrected chi connectivity index (χ2v) is 4.99. The molecule has 0 fully saturated rings. The Balaban J connectivity index is 2.29. The highest BCUT2D eigenvalue weighted by molar-refractivity contribution is 7.92. The standard InChI is InChI=1S/C12H15N5OS/c1-14-11-7-10(15-12(13)16-11)8-3-5-9(6-4-8)17-19(2)18/h3-7,17H,1-2H3,(H3,13,14,15,16)/t19-/m1/s1. The zero-order valence-electron chi connectivity index (χ0n) is 10.7. The second kappa shape index (κ2) is 5.77. The Morgan fingerprint density at radius 2 is 1.89 bits per heavy atom. The van der Waals surface area contributed by atoms with Crippen molar-refractivity contribution >= 4 is 28.8 Å². The van der Waals surface area contributed by atoms with Crippen LogP contribution in [0, 0.1) is 0 Å². The van der Waals surface area contributed by atoms with E-state index in [4.69, 9.17) is 5.73 Å². The molecule has 100 valence electrons. The van der Waals surface area contributed by atoms with E-state index in [2.05, 4.69) is 20.0 Å². The van der Waals surface area contributed by atoms with Crippen LogP contribution in [0.4, 0.5) is 17.5 Å². The van der Waals surface area contributed by atoms with Gasteiger partial charge in [0.25, 0.3) is 0 Å². The molecule has 0 radical (unpaired) electrons. The van der Waals surface area contributed by atoms with Crippen LogP contribution >= 0.6 is 0 Å². The topological polar surface area (TPSA) is 98.9 Å². The average molecular weight is 277 g/mol. The fourth-order valence-electron chi connectivity index (χ4n) is 1.62. The number of rotatable bonds is 4. The summed E-state index contributed by atoms with van der Waals surface area (Å²) >= 11 is -1.08. The van der Waals surface area contributed by atoms with Crippen molar-refractivity contribution in [3.05, 3.63) is 30.3 Å². The molecule has 0 saturated carbocycles. The quantitative estimate of drug-likeness (QED) is 0.732. The van der Waals surface area contributed by atoms with Crippen molar-refractivity contribution in [1.29, 1.82) is 0 Å². The molecule has 0 saturated heterocycles. The van der Waals surface area contributed by atoms with E-state index in [-0.39, 0.29) is 5.95 Å². The highest BCUT2D eigenvalue weighted by atomic mass is 32.2. The number of anilines is 3. The van der Waals surface area contributed by atoms with Crippen molar-refractivity contribution in [2.45, 2.75) is 0 Å². The van der Waals surface area contributed by atoms with Crippen LogP contribution in [0.1, 0.15) is 0 Å². The van der Waals surface area contributed by atoms with Crippen LogP contribution in [0.15, 0.2) is 30.3 Å². The summed E-state index contributed by atoms with van der Waals surface area (Å²) in [6.45, 7) is 0. The Morgan fingerprint density at radius 3 is 2.47 bits per heavy atom. The van der Waals surface area contributed by atoms with Gasteiger partial charge in [-0.15, -0.1) is 0 Å². The molecule has 0 amide bonds. The van der Waals surface area contributed by atoms with E-state index in [0.29, 0.717) is 5.82 Å². The molecule has 0 aliphatic heterocycles. The Labute approximate surface area is 114 Å². The van der Waals surface area contributed by atoms with Crippen LogP contribution in [0.5, 0.6) is 0 Å². The molecule has 0 spiro atoms. The summed E-state index contributed by atoms with van der Waals surface area (Å²) in [7, 11) is 1.77. The number of nitrogen functional groups attached to an aromatic ring is 1. The van der Waals surface area contributed by atoms with E-state index in [0.717, 1.165) is 16.9 Å². The van der Waals surface area contributed by atoms with Crippen LogP contribution in [-0.4, -0.2) is 27.8 Å². The van der Waals surface area contributed by atoms with Gasteiger partial charge in [-0.1, -0.05) is 12.1 Å². The first-order valence-corrected chi connectivity index (χ1v) is 7.17. The number of benzene rings is 1. The van der Waals surface area contributed by atoms with Crippen molar-refractivity contribution in [2.24, 2.45) is 0 Å². The molecular formula is C12H15N5OS. The lowest BCUT2D eigenvalue weighted by Crippen LogP contribution is -2.09. The maximum atomic E-state index is 11.1. The fourth-order valence-corrected chi connectivity index (χ4v) is 2.08. The van der Waals surface area contributed by atoms with E-state index in [1.807, 2.05) is 30.3 Å². The van der Waals surface area contributed by atoms with Crippen molar-refractivity contribution in [3.8, 4) is 11.3 Å². The Morgan fingerprint density at radius 1 is 1.21 bits per heavy atom. The minimum Gasteiger partial charge on any atom is -0.593 e. The molecule has 7 heteroatoms. The first-order chi connectivity index (χ1) is 9.08. The third-order valence-electron chi connectivity index (χ3n) is 2.44. The first-order valence-electron chi connectivity index (χ1n) is 5.61. The fraction of sp³-hybridized carbons (Fsp3) is 0.167. The number of nitrogens with zero attached hydrogens (tertiary/aromatic N) is 2. The lowest BCUT2D eigenvalue weighted by molar-refractivity contribution is 0.605. The minimum absolute atomic E-state index is 0.221. The predicted molar refractivity (Wildman–Crippen MR) is 79.1 cm³/mol. The smallest absolute Gasteiger partial charge is 0.222 e. The van der Waals surface area contributed by atoms with E-state index >= 15 is 0 Å². The zero-order chi connectivity index (χ0) is 13.8. The highest BCUT2D eigenvalue weighted by Gasteiger charge is 2.05. The van der Waals surface area contributed by atoms with Crippen molar-refractivity contribution in [2.75, 3.05) is 29.1 Å². The molecule has 0 aliphatic carbocycles. The first kappa shape index (κ1) is 13.4.